The molecule has 2 aromatic heterocycles. The van der Waals surface area contributed by atoms with Crippen LogP contribution in [0.5, 0.6) is 5.75 Å². The van der Waals surface area contributed by atoms with Crippen LogP contribution in [0.25, 0.3) is 5.65 Å². The normalized spacial score (nSPS) is 10.7. The van der Waals surface area contributed by atoms with Gasteiger partial charge in [0.2, 0.25) is 0 Å². The van der Waals surface area contributed by atoms with Crippen molar-refractivity contribution in [2.45, 2.75) is 6.61 Å². The number of hydrogen-bond donors (Lipinski definition) is 0. The van der Waals surface area contributed by atoms with Crippen molar-refractivity contribution in [2.24, 2.45) is 0 Å². The lowest BCUT2D eigenvalue weighted by Crippen LogP contribution is -1.94. The molecule has 0 spiro atoms. The van der Waals surface area contributed by atoms with Crippen molar-refractivity contribution in [3.8, 4) is 5.75 Å². The van der Waals surface area contributed by atoms with E-state index in [1.165, 1.54) is 0 Å². The SMILES string of the molecule is Clc1ccc2nc(COc3ccccc3)cn2c1. The number of benzene rings is 1. The van der Waals surface area contributed by atoms with E-state index in [0.717, 1.165) is 17.1 Å². The first-order chi connectivity index (χ1) is 8.81. The van der Waals surface area contributed by atoms with Gasteiger partial charge in [0.15, 0.2) is 0 Å². The Morgan fingerprint density at radius 3 is 2.72 bits per heavy atom. The minimum absolute atomic E-state index is 0.448. The Morgan fingerprint density at radius 2 is 1.89 bits per heavy atom. The quantitative estimate of drug-likeness (QED) is 0.718. The predicted molar refractivity (Wildman–Crippen MR) is 71.0 cm³/mol. The lowest BCUT2D eigenvalue weighted by atomic mass is 10.3. The molecule has 3 nitrogen and oxygen atoms in total. The fourth-order valence-electron chi connectivity index (χ4n) is 1.76. The number of nitrogens with zero attached hydrogens (tertiary/aromatic N) is 2. The summed E-state index contributed by atoms with van der Waals surface area (Å²) in [6.07, 6.45) is 3.75. The summed E-state index contributed by atoms with van der Waals surface area (Å²) in [7, 11) is 0. The zero-order valence-corrected chi connectivity index (χ0v) is 10.3. The molecule has 0 atom stereocenters. The summed E-state index contributed by atoms with van der Waals surface area (Å²) in [4.78, 5) is 4.45. The van der Waals surface area contributed by atoms with Crippen LogP contribution in [0.1, 0.15) is 5.69 Å². The van der Waals surface area contributed by atoms with Gasteiger partial charge in [0.1, 0.15) is 18.0 Å². The summed E-state index contributed by atoms with van der Waals surface area (Å²) in [5, 5.41) is 0.690. The Labute approximate surface area is 110 Å². The molecule has 4 heteroatoms. The monoisotopic (exact) mass is 258 g/mol. The fraction of sp³-hybridized carbons (Fsp3) is 0.0714. The number of para-hydroxylation sites is 1. The average Bonchev–Trinajstić information content (AvgIpc) is 2.79. The number of halogens is 1. The maximum Gasteiger partial charge on any atom is 0.137 e. The van der Waals surface area contributed by atoms with E-state index in [-0.39, 0.29) is 0 Å². The average molecular weight is 259 g/mol. The van der Waals surface area contributed by atoms with Crippen LogP contribution in [0.3, 0.4) is 0 Å². The molecule has 3 rings (SSSR count). The minimum Gasteiger partial charge on any atom is -0.487 e. The predicted octanol–water partition coefficient (Wildman–Crippen LogP) is 3.57. The number of aromatic nitrogens is 2. The molecule has 1 aromatic carbocycles. The van der Waals surface area contributed by atoms with E-state index in [1.54, 1.807) is 0 Å². The summed E-state index contributed by atoms with van der Waals surface area (Å²) in [5.41, 5.74) is 1.74. The highest BCUT2D eigenvalue weighted by Crippen LogP contribution is 2.14. The summed E-state index contributed by atoms with van der Waals surface area (Å²) in [6, 6.07) is 13.4. The van der Waals surface area contributed by atoms with E-state index >= 15 is 0 Å². The first kappa shape index (κ1) is 11.1. The van der Waals surface area contributed by atoms with E-state index in [9.17, 15) is 0 Å². The molecular formula is C14H11ClN2O. The van der Waals surface area contributed by atoms with Crippen LogP contribution < -0.4 is 4.74 Å². The van der Waals surface area contributed by atoms with E-state index in [1.807, 2.05) is 59.3 Å². The van der Waals surface area contributed by atoms with Gasteiger partial charge in [-0.25, -0.2) is 4.98 Å². The summed E-state index contributed by atoms with van der Waals surface area (Å²) < 4.78 is 7.54. The van der Waals surface area contributed by atoms with Gasteiger partial charge < -0.3 is 9.14 Å². The zero-order chi connectivity index (χ0) is 12.4. The largest absolute Gasteiger partial charge is 0.487 e. The first-order valence-electron chi connectivity index (χ1n) is 5.62. The molecule has 0 unspecified atom stereocenters. The lowest BCUT2D eigenvalue weighted by molar-refractivity contribution is 0.302. The smallest absolute Gasteiger partial charge is 0.137 e. The van der Waals surface area contributed by atoms with Gasteiger partial charge >= 0.3 is 0 Å². The van der Waals surface area contributed by atoms with Crippen molar-refractivity contribution in [3.05, 3.63) is 65.6 Å². The molecule has 0 amide bonds. The van der Waals surface area contributed by atoms with Crippen LogP contribution in [0, 0.1) is 0 Å². The molecular weight excluding hydrogens is 248 g/mol. The van der Waals surface area contributed by atoms with Crippen molar-refractivity contribution < 1.29 is 4.74 Å². The van der Waals surface area contributed by atoms with E-state index in [4.69, 9.17) is 16.3 Å². The highest BCUT2D eigenvalue weighted by Gasteiger charge is 2.02. The van der Waals surface area contributed by atoms with Crippen molar-refractivity contribution in [1.82, 2.24) is 9.38 Å². The third kappa shape index (κ3) is 2.31. The molecule has 18 heavy (non-hydrogen) atoms. The molecule has 0 saturated carbocycles. The van der Waals surface area contributed by atoms with Crippen LogP contribution in [-0.4, -0.2) is 9.38 Å². The molecule has 0 aliphatic heterocycles. The molecule has 90 valence electrons. The maximum absolute atomic E-state index is 5.92. The molecule has 2 heterocycles. The second-order valence-electron chi connectivity index (χ2n) is 3.95. The van der Waals surface area contributed by atoms with Crippen LogP contribution in [0.2, 0.25) is 5.02 Å². The highest BCUT2D eigenvalue weighted by atomic mass is 35.5. The number of rotatable bonds is 3. The standard InChI is InChI=1S/C14H11ClN2O/c15-11-6-7-14-16-12(9-17(14)8-11)10-18-13-4-2-1-3-5-13/h1-9H,10H2. The fourth-order valence-corrected chi connectivity index (χ4v) is 1.93. The zero-order valence-electron chi connectivity index (χ0n) is 9.58. The van der Waals surface area contributed by atoms with Crippen LogP contribution in [0.15, 0.2) is 54.9 Å². The summed E-state index contributed by atoms with van der Waals surface area (Å²) in [6.45, 7) is 0.448. The molecule has 0 fully saturated rings. The van der Waals surface area contributed by atoms with Crippen molar-refractivity contribution in [2.75, 3.05) is 0 Å². The van der Waals surface area contributed by atoms with Gasteiger partial charge in [0.05, 0.1) is 10.7 Å². The number of hydrogen-bond acceptors (Lipinski definition) is 2. The minimum atomic E-state index is 0.448. The Balaban J connectivity index is 1.79. The van der Waals surface area contributed by atoms with E-state index < -0.39 is 0 Å². The van der Waals surface area contributed by atoms with Gasteiger partial charge in [-0.15, -0.1) is 0 Å². The Morgan fingerprint density at radius 1 is 1.06 bits per heavy atom. The molecule has 0 bridgehead atoms. The number of imidazole rings is 1. The maximum atomic E-state index is 5.92. The van der Waals surface area contributed by atoms with E-state index in [0.29, 0.717) is 11.6 Å². The third-order valence-corrected chi connectivity index (χ3v) is 2.82. The summed E-state index contributed by atoms with van der Waals surface area (Å²) in [5.74, 6) is 0.840. The number of pyridine rings is 1. The lowest BCUT2D eigenvalue weighted by Gasteiger charge is -2.02. The molecule has 0 radical (unpaired) electrons. The Bertz CT molecular complexity index is 664. The number of ether oxygens (including phenoxy) is 1. The van der Waals surface area contributed by atoms with Gasteiger partial charge in [0, 0.05) is 12.4 Å². The summed E-state index contributed by atoms with van der Waals surface area (Å²) >= 11 is 5.92. The van der Waals surface area contributed by atoms with Crippen LogP contribution in [0.4, 0.5) is 0 Å². The van der Waals surface area contributed by atoms with Gasteiger partial charge in [0.25, 0.3) is 0 Å². The number of fused-ring (bicyclic) bond motifs is 1. The van der Waals surface area contributed by atoms with Gasteiger partial charge in [-0.05, 0) is 24.3 Å². The molecule has 0 saturated heterocycles. The first-order valence-corrected chi connectivity index (χ1v) is 6.00. The van der Waals surface area contributed by atoms with Crippen LogP contribution in [-0.2, 0) is 6.61 Å². The molecule has 0 N–H and O–H groups in total. The third-order valence-electron chi connectivity index (χ3n) is 2.59. The second-order valence-corrected chi connectivity index (χ2v) is 4.38. The van der Waals surface area contributed by atoms with Crippen molar-refractivity contribution >= 4 is 17.2 Å². The second kappa shape index (κ2) is 4.70. The topological polar surface area (TPSA) is 26.5 Å². The Hall–Kier alpha value is -2.00. The Kier molecular flexibility index (Phi) is 2.90. The van der Waals surface area contributed by atoms with E-state index in [2.05, 4.69) is 4.98 Å². The van der Waals surface area contributed by atoms with Crippen molar-refractivity contribution in [3.63, 3.8) is 0 Å². The van der Waals surface area contributed by atoms with Gasteiger partial charge in [-0.2, -0.15) is 0 Å². The highest BCUT2D eigenvalue weighted by molar-refractivity contribution is 6.30. The molecule has 0 aliphatic carbocycles. The van der Waals surface area contributed by atoms with Gasteiger partial charge in [-0.1, -0.05) is 29.8 Å². The van der Waals surface area contributed by atoms with Crippen molar-refractivity contribution in [1.29, 1.82) is 0 Å². The van der Waals surface area contributed by atoms with Gasteiger partial charge in [-0.3, -0.25) is 0 Å². The molecule has 3 aromatic rings. The van der Waals surface area contributed by atoms with Crippen LogP contribution >= 0.6 is 11.6 Å². The molecule has 0 aliphatic rings.